The molecule has 0 atom stereocenters. The van der Waals surface area contributed by atoms with Gasteiger partial charge in [0.1, 0.15) is 19.0 Å². The average Bonchev–Trinajstić information content (AvgIpc) is 3.98. The molecule has 0 amide bonds. The van der Waals surface area contributed by atoms with Crippen LogP contribution in [-0.2, 0) is 0 Å². The second-order valence-corrected chi connectivity index (χ2v) is 13.7. The number of hydrogen-bond acceptors (Lipinski definition) is 6. The van der Waals surface area contributed by atoms with E-state index in [1.807, 2.05) is 68.1 Å². The van der Waals surface area contributed by atoms with Gasteiger partial charge in [0.25, 0.3) is 5.78 Å². The Kier molecular flexibility index (Phi) is 7.72. The molecule has 1 N–H and O–H groups in total. The predicted molar refractivity (Wildman–Crippen MR) is 210 cm³/mol. The summed E-state index contributed by atoms with van der Waals surface area (Å²) in [5.74, 6) is 2.27. The molecule has 242 valence electrons. The summed E-state index contributed by atoms with van der Waals surface area (Å²) in [7, 11) is 0. The Morgan fingerprint density at radius 3 is 1.58 bits per heavy atom. The van der Waals surface area contributed by atoms with Crippen LogP contribution in [0.15, 0.2) is 140 Å². The van der Waals surface area contributed by atoms with E-state index in [9.17, 15) is 0 Å². The summed E-state index contributed by atoms with van der Waals surface area (Å²) in [4.78, 5) is 17.3. The fourth-order valence-electron chi connectivity index (χ4n) is 6.11. The van der Waals surface area contributed by atoms with Crippen LogP contribution in [0.1, 0.15) is 0 Å². The third kappa shape index (κ3) is 5.27. The largest absolute Gasteiger partial charge is 0.280 e. The number of hydrogen-bond donors (Lipinski definition) is 1. The van der Waals surface area contributed by atoms with Crippen molar-refractivity contribution in [3.05, 3.63) is 147 Å². The minimum atomic E-state index is 0.719. The number of H-pyrrole nitrogens is 1. The van der Waals surface area contributed by atoms with Crippen LogP contribution in [0, 0.1) is 7.14 Å². The lowest BCUT2D eigenvalue weighted by Crippen LogP contribution is -1.99. The fraction of sp³-hybridized carbons (Fsp3) is 0. The Bertz CT molecular complexity index is 2800. The molecule has 5 aromatic carbocycles. The molecular weight excluding hydrogens is 854 g/mol. The van der Waals surface area contributed by atoms with Crippen molar-refractivity contribution in [1.82, 2.24) is 57.9 Å². The van der Waals surface area contributed by atoms with Crippen molar-refractivity contribution in [3.63, 3.8) is 0 Å². The smallest absolute Gasteiger partial charge is 0.251 e. The number of halogens is 2. The molecule has 11 rings (SSSR count). The van der Waals surface area contributed by atoms with Crippen LogP contribution in [-0.4, -0.2) is 57.9 Å². The molecule has 0 radical (unpaired) electrons. The molecule has 0 unspecified atom stereocenters. The van der Waals surface area contributed by atoms with Crippen molar-refractivity contribution >= 4 is 95.6 Å². The first-order valence-electron chi connectivity index (χ1n) is 15.5. The molecule has 0 fully saturated rings. The van der Waals surface area contributed by atoms with Gasteiger partial charge in [0.2, 0.25) is 11.6 Å². The number of nitrogens with one attached hydrogen (secondary N) is 1. The van der Waals surface area contributed by atoms with Crippen LogP contribution in [0.4, 0.5) is 0 Å². The van der Waals surface area contributed by atoms with Gasteiger partial charge in [0, 0.05) is 7.14 Å². The lowest BCUT2D eigenvalue weighted by molar-refractivity contribution is 0.986. The van der Waals surface area contributed by atoms with Crippen molar-refractivity contribution in [1.29, 1.82) is 0 Å². The number of fused-ring (bicyclic) bond motifs is 9. The van der Waals surface area contributed by atoms with E-state index in [-0.39, 0.29) is 0 Å². The Morgan fingerprint density at radius 2 is 1.02 bits per heavy atom. The summed E-state index contributed by atoms with van der Waals surface area (Å²) in [6, 6.07) is 41.0. The highest BCUT2D eigenvalue weighted by Crippen LogP contribution is 2.28. The average molecular weight is 878 g/mol. The minimum absolute atomic E-state index is 0.719. The normalized spacial score (nSPS) is 11.4. The Balaban J connectivity index is 0.000000137. The van der Waals surface area contributed by atoms with E-state index >= 15 is 0 Å². The number of para-hydroxylation sites is 6. The molecule has 0 aliphatic heterocycles. The quantitative estimate of drug-likeness (QED) is 0.178. The maximum atomic E-state index is 4.50. The summed E-state index contributed by atoms with van der Waals surface area (Å²) < 4.78 is 12.4. The Labute approximate surface area is 310 Å². The van der Waals surface area contributed by atoms with E-state index in [0.717, 1.165) is 61.8 Å². The van der Waals surface area contributed by atoms with Gasteiger partial charge in [-0.05, 0) is 118 Å². The van der Waals surface area contributed by atoms with Gasteiger partial charge in [-0.3, -0.25) is 14.2 Å². The molecule has 0 aliphatic carbocycles. The second-order valence-electron chi connectivity index (χ2n) is 11.2. The minimum Gasteiger partial charge on any atom is -0.280 e. The zero-order valence-corrected chi connectivity index (χ0v) is 30.3. The van der Waals surface area contributed by atoms with E-state index in [4.69, 9.17) is 0 Å². The topological polar surface area (TPSA) is 116 Å². The molecular formula is C36H24I2N12. The summed E-state index contributed by atoms with van der Waals surface area (Å²) in [6.45, 7) is 0. The number of nitrogens with zero attached hydrogens (tertiary/aromatic N) is 11. The van der Waals surface area contributed by atoms with Gasteiger partial charge in [-0.1, -0.05) is 48.5 Å². The third-order valence-corrected chi connectivity index (χ3v) is 9.55. The fourth-order valence-corrected chi connectivity index (χ4v) is 7.79. The summed E-state index contributed by atoms with van der Waals surface area (Å²) in [5, 5.41) is 11.8. The van der Waals surface area contributed by atoms with Crippen molar-refractivity contribution in [2.75, 3.05) is 0 Å². The molecule has 0 saturated heterocycles. The highest BCUT2D eigenvalue weighted by atomic mass is 127. The van der Waals surface area contributed by atoms with Gasteiger partial charge >= 0.3 is 0 Å². The number of benzene rings is 5. The molecule has 11 aromatic rings. The van der Waals surface area contributed by atoms with Gasteiger partial charge in [0.15, 0.2) is 0 Å². The van der Waals surface area contributed by atoms with Crippen molar-refractivity contribution in [2.45, 2.75) is 0 Å². The maximum Gasteiger partial charge on any atom is 0.251 e. The zero-order valence-electron chi connectivity index (χ0n) is 26.0. The van der Waals surface area contributed by atoms with E-state index in [2.05, 4.69) is 156 Å². The monoisotopic (exact) mass is 878 g/mol. The first kappa shape index (κ1) is 30.4. The van der Waals surface area contributed by atoms with Crippen LogP contribution < -0.4 is 0 Å². The van der Waals surface area contributed by atoms with E-state index in [1.165, 1.54) is 7.14 Å². The summed E-state index contributed by atoms with van der Waals surface area (Å²) in [6.07, 6.45) is 4.80. The van der Waals surface area contributed by atoms with Crippen molar-refractivity contribution in [3.8, 4) is 11.4 Å². The molecule has 0 saturated carbocycles. The van der Waals surface area contributed by atoms with E-state index < -0.39 is 0 Å². The number of aromatic amines is 1. The Hall–Kier alpha value is -5.62. The maximum absolute atomic E-state index is 4.50. The SMILES string of the molecule is Ic1cccc(I)c1.c1cc(-n2c3ccccc3n3ncnc23)cc(-n2c3ccccc3n3ncnc23)c1.c1ccc2c(c1)nc1nc[nH]n12. The summed E-state index contributed by atoms with van der Waals surface area (Å²) >= 11 is 4.60. The number of imidazole rings is 3. The molecule has 6 aromatic heterocycles. The number of aromatic nitrogens is 12. The van der Waals surface area contributed by atoms with Crippen LogP contribution in [0.2, 0.25) is 0 Å². The van der Waals surface area contributed by atoms with Crippen molar-refractivity contribution < 1.29 is 0 Å². The standard InChI is InChI=1S/C22H14N8.C8H6N4.C6H4I2/c1-3-10-19-17(8-1)27(21-23-13-25-29(19)21)15-6-5-7-16(12-15)28-18-9-2-4-11-20(18)30-22(28)24-14-26-30;1-2-4-7-6(3-1)11-8-9-5-10-12(7)8;7-5-2-1-3-6(8)4-5/h1-14H;1-5H,(H,9,10,11);1-4H. The lowest BCUT2D eigenvalue weighted by Gasteiger charge is -2.09. The predicted octanol–water partition coefficient (Wildman–Crippen LogP) is 7.77. The summed E-state index contributed by atoms with van der Waals surface area (Å²) in [5.41, 5.74) is 8.17. The highest BCUT2D eigenvalue weighted by molar-refractivity contribution is 14.1. The van der Waals surface area contributed by atoms with Gasteiger partial charge in [0.05, 0.1) is 44.5 Å². The van der Waals surface area contributed by atoms with Crippen LogP contribution in [0.5, 0.6) is 0 Å². The first-order valence-corrected chi connectivity index (χ1v) is 17.7. The zero-order chi connectivity index (χ0) is 33.6. The molecule has 12 nitrogen and oxygen atoms in total. The molecule has 6 heterocycles. The molecule has 0 bridgehead atoms. The Morgan fingerprint density at radius 1 is 0.500 bits per heavy atom. The van der Waals surface area contributed by atoms with Crippen LogP contribution in [0.25, 0.3) is 61.8 Å². The molecule has 0 aliphatic rings. The van der Waals surface area contributed by atoms with Crippen molar-refractivity contribution in [2.24, 2.45) is 0 Å². The number of rotatable bonds is 2. The lowest BCUT2D eigenvalue weighted by atomic mass is 10.2. The van der Waals surface area contributed by atoms with Gasteiger partial charge < -0.3 is 0 Å². The van der Waals surface area contributed by atoms with Gasteiger partial charge in [-0.2, -0.15) is 29.2 Å². The van der Waals surface area contributed by atoms with Crippen LogP contribution >= 0.6 is 45.2 Å². The molecule has 50 heavy (non-hydrogen) atoms. The van der Waals surface area contributed by atoms with Gasteiger partial charge in [-0.15, -0.1) is 0 Å². The van der Waals surface area contributed by atoms with Crippen LogP contribution in [0.3, 0.4) is 0 Å². The van der Waals surface area contributed by atoms with Gasteiger partial charge in [-0.25, -0.2) is 14.5 Å². The molecule has 0 spiro atoms. The van der Waals surface area contributed by atoms with E-state index in [0.29, 0.717) is 0 Å². The highest BCUT2D eigenvalue weighted by Gasteiger charge is 2.17. The third-order valence-electron chi connectivity index (χ3n) is 8.20. The second kappa shape index (κ2) is 12.7. The van der Waals surface area contributed by atoms with E-state index in [1.54, 1.807) is 19.0 Å². The first-order chi connectivity index (χ1) is 24.6. The molecule has 14 heteroatoms.